The van der Waals surface area contributed by atoms with Gasteiger partial charge in [0.05, 0.1) is 6.61 Å². The van der Waals surface area contributed by atoms with Gasteiger partial charge in [0.2, 0.25) is 0 Å². The van der Waals surface area contributed by atoms with Gasteiger partial charge < -0.3 is 19.9 Å². The molecular weight excluding hydrogens is 280 g/mol. The van der Waals surface area contributed by atoms with Gasteiger partial charge in [0.25, 0.3) is 0 Å². The molecule has 120 valence electrons. The number of hydrogen-bond acceptors (Lipinski definition) is 4. The van der Waals surface area contributed by atoms with Crippen LogP contribution in [0, 0.1) is 0 Å². The first-order chi connectivity index (χ1) is 9.88. The van der Waals surface area contributed by atoms with Crippen LogP contribution in [0.15, 0.2) is 18.2 Å². The van der Waals surface area contributed by atoms with Gasteiger partial charge in [-0.05, 0) is 44.9 Å². The van der Waals surface area contributed by atoms with Crippen LogP contribution in [0.25, 0.3) is 0 Å². The molecule has 0 fully saturated rings. The Bertz CT molecular complexity index is 439. The molecule has 0 aromatic heterocycles. The lowest BCUT2D eigenvalue weighted by Gasteiger charge is -2.25. The van der Waals surface area contributed by atoms with Gasteiger partial charge in [-0.2, -0.15) is 8.78 Å². The van der Waals surface area contributed by atoms with Crippen molar-refractivity contribution in [2.75, 3.05) is 13.2 Å². The minimum Gasteiger partial charge on any atom is -0.490 e. The summed E-state index contributed by atoms with van der Waals surface area (Å²) in [5, 5.41) is 12.3. The number of ether oxygens (including phenoxy) is 2. The van der Waals surface area contributed by atoms with Crippen LogP contribution in [0.2, 0.25) is 0 Å². The first kappa shape index (κ1) is 17.7. The predicted molar refractivity (Wildman–Crippen MR) is 76.9 cm³/mol. The van der Waals surface area contributed by atoms with Crippen molar-refractivity contribution in [3.63, 3.8) is 0 Å². The Hall–Kier alpha value is -1.40. The highest BCUT2D eigenvalue weighted by Crippen LogP contribution is 2.30. The van der Waals surface area contributed by atoms with Gasteiger partial charge in [0.15, 0.2) is 11.5 Å². The molecule has 0 bridgehead atoms. The summed E-state index contributed by atoms with van der Waals surface area (Å²) in [6, 6.07) is 4.87. The molecule has 6 heteroatoms. The fourth-order valence-corrected chi connectivity index (χ4v) is 1.83. The average Bonchev–Trinajstić information content (AvgIpc) is 2.39. The highest BCUT2D eigenvalue weighted by Gasteiger charge is 2.17. The Morgan fingerprint density at radius 2 is 2.00 bits per heavy atom. The summed E-state index contributed by atoms with van der Waals surface area (Å²) in [5.74, 6) is 0.335. The van der Waals surface area contributed by atoms with Gasteiger partial charge >= 0.3 is 6.61 Å². The van der Waals surface area contributed by atoms with Crippen LogP contribution in [0.1, 0.15) is 32.8 Å². The molecule has 1 aromatic rings. The Balaban J connectivity index is 2.78. The van der Waals surface area contributed by atoms with Crippen molar-refractivity contribution in [1.82, 2.24) is 5.32 Å². The third-order valence-corrected chi connectivity index (χ3v) is 3.03. The zero-order chi connectivity index (χ0) is 15.9. The summed E-state index contributed by atoms with van der Waals surface area (Å²) in [5.41, 5.74) is 0.685. The maximum atomic E-state index is 12.3. The molecule has 0 spiro atoms. The average molecular weight is 303 g/mol. The molecule has 0 aliphatic heterocycles. The van der Waals surface area contributed by atoms with E-state index < -0.39 is 6.61 Å². The van der Waals surface area contributed by atoms with Crippen molar-refractivity contribution in [3.8, 4) is 11.5 Å². The summed E-state index contributed by atoms with van der Waals surface area (Å²) in [6.07, 6.45) is 0.623. The minimum absolute atomic E-state index is 0.0326. The van der Waals surface area contributed by atoms with E-state index >= 15 is 0 Å². The second-order valence-corrected chi connectivity index (χ2v) is 5.30. The van der Waals surface area contributed by atoms with Crippen LogP contribution < -0.4 is 14.8 Å². The normalized spacial score (nSPS) is 11.8. The van der Waals surface area contributed by atoms with Crippen molar-refractivity contribution < 1.29 is 23.4 Å². The Labute approximate surface area is 124 Å². The lowest BCUT2D eigenvalue weighted by molar-refractivity contribution is -0.0514. The number of rotatable bonds is 9. The molecule has 0 heterocycles. The number of nitrogens with one attached hydrogen (secondary N) is 1. The van der Waals surface area contributed by atoms with Crippen LogP contribution in [0.5, 0.6) is 11.5 Å². The monoisotopic (exact) mass is 303 g/mol. The van der Waals surface area contributed by atoms with Crippen molar-refractivity contribution in [2.24, 2.45) is 0 Å². The first-order valence-corrected chi connectivity index (χ1v) is 6.94. The lowest BCUT2D eigenvalue weighted by Crippen LogP contribution is -2.39. The second-order valence-electron chi connectivity index (χ2n) is 5.30. The van der Waals surface area contributed by atoms with E-state index in [9.17, 15) is 8.78 Å². The number of benzene rings is 1. The molecular formula is C15H23F2NO3. The molecule has 0 saturated heterocycles. The fraction of sp³-hybridized carbons (Fsp3) is 0.600. The minimum atomic E-state index is -2.88. The molecule has 0 atom stereocenters. The van der Waals surface area contributed by atoms with Gasteiger partial charge in [0.1, 0.15) is 0 Å². The van der Waals surface area contributed by atoms with Crippen molar-refractivity contribution in [1.29, 1.82) is 0 Å². The van der Waals surface area contributed by atoms with Crippen LogP contribution in [-0.4, -0.2) is 30.5 Å². The van der Waals surface area contributed by atoms with Crippen molar-refractivity contribution >= 4 is 0 Å². The molecule has 1 rings (SSSR count). The van der Waals surface area contributed by atoms with Crippen LogP contribution in [0.3, 0.4) is 0 Å². The third-order valence-electron chi connectivity index (χ3n) is 3.03. The van der Waals surface area contributed by atoms with E-state index in [0.717, 1.165) is 5.56 Å². The lowest BCUT2D eigenvalue weighted by atomic mass is 10.0. The van der Waals surface area contributed by atoms with Crippen molar-refractivity contribution in [2.45, 2.75) is 45.9 Å². The zero-order valence-corrected chi connectivity index (χ0v) is 12.7. The highest BCUT2D eigenvalue weighted by molar-refractivity contribution is 5.43. The van der Waals surface area contributed by atoms with Crippen LogP contribution in [-0.2, 0) is 6.54 Å². The Kier molecular flexibility index (Phi) is 6.84. The smallest absolute Gasteiger partial charge is 0.387 e. The molecule has 0 amide bonds. The fourth-order valence-electron chi connectivity index (χ4n) is 1.83. The summed E-state index contributed by atoms with van der Waals surface area (Å²) in [7, 11) is 0. The number of alkyl halides is 2. The number of hydrogen-bond donors (Lipinski definition) is 2. The molecule has 0 saturated carbocycles. The van der Waals surface area contributed by atoms with Gasteiger partial charge in [-0.1, -0.05) is 6.07 Å². The third kappa shape index (κ3) is 6.27. The maximum absolute atomic E-state index is 12.3. The van der Waals surface area contributed by atoms with E-state index in [-0.39, 0.29) is 17.9 Å². The van der Waals surface area contributed by atoms with E-state index in [1.165, 1.54) is 6.07 Å². The zero-order valence-electron chi connectivity index (χ0n) is 12.7. The number of halogens is 2. The van der Waals surface area contributed by atoms with Gasteiger partial charge in [0, 0.05) is 18.7 Å². The van der Waals surface area contributed by atoms with Crippen LogP contribution >= 0.6 is 0 Å². The van der Waals surface area contributed by atoms with E-state index in [4.69, 9.17) is 9.84 Å². The molecule has 0 radical (unpaired) electrons. The summed E-state index contributed by atoms with van der Waals surface area (Å²) >= 11 is 0. The topological polar surface area (TPSA) is 50.7 Å². The highest BCUT2D eigenvalue weighted by atomic mass is 19.3. The van der Waals surface area contributed by atoms with E-state index in [1.807, 2.05) is 13.8 Å². The Morgan fingerprint density at radius 3 is 2.57 bits per heavy atom. The number of aliphatic hydroxyl groups excluding tert-OH is 1. The van der Waals surface area contributed by atoms with Crippen LogP contribution in [0.4, 0.5) is 8.78 Å². The second kappa shape index (κ2) is 8.14. The molecule has 4 nitrogen and oxygen atoms in total. The summed E-state index contributed by atoms with van der Waals surface area (Å²) in [6.45, 7) is 3.89. The van der Waals surface area contributed by atoms with E-state index in [2.05, 4.69) is 10.1 Å². The SMILES string of the molecule is CCOc1cc(CNC(C)(C)CCO)ccc1OC(F)F. The predicted octanol–water partition coefficient (Wildman–Crippen LogP) is 2.94. The quantitative estimate of drug-likeness (QED) is 0.736. The number of aliphatic hydroxyl groups is 1. The van der Waals surface area contributed by atoms with Gasteiger partial charge in [-0.15, -0.1) is 0 Å². The molecule has 0 aliphatic rings. The maximum Gasteiger partial charge on any atom is 0.387 e. The van der Waals surface area contributed by atoms with Gasteiger partial charge in [-0.3, -0.25) is 0 Å². The molecule has 0 aliphatic carbocycles. The van der Waals surface area contributed by atoms with Gasteiger partial charge in [-0.25, -0.2) is 0 Å². The standard InChI is InChI=1S/C15H23F2NO3/c1-4-20-13-9-11(5-6-12(13)21-14(16)17)10-18-15(2,3)7-8-19/h5-6,9,14,18-19H,4,7-8,10H2,1-3H3. The van der Waals surface area contributed by atoms with Crippen molar-refractivity contribution in [3.05, 3.63) is 23.8 Å². The molecule has 21 heavy (non-hydrogen) atoms. The van der Waals surface area contributed by atoms with E-state index in [1.54, 1.807) is 19.1 Å². The Morgan fingerprint density at radius 1 is 1.29 bits per heavy atom. The summed E-state index contributed by atoms with van der Waals surface area (Å²) < 4.78 is 34.4. The first-order valence-electron chi connectivity index (χ1n) is 6.94. The largest absolute Gasteiger partial charge is 0.490 e. The molecule has 1 aromatic carbocycles. The molecule has 0 unspecified atom stereocenters. The summed E-state index contributed by atoms with van der Waals surface area (Å²) in [4.78, 5) is 0. The molecule has 2 N–H and O–H groups in total. The van der Waals surface area contributed by atoms with E-state index in [0.29, 0.717) is 25.3 Å².